The van der Waals surface area contributed by atoms with E-state index in [1.165, 1.54) is 0 Å². The van der Waals surface area contributed by atoms with Crippen molar-refractivity contribution >= 4 is 5.91 Å². The zero-order valence-corrected chi connectivity index (χ0v) is 14.5. The molecule has 0 aliphatic heterocycles. The molecule has 4 rings (SSSR count). The monoisotopic (exact) mass is 350 g/mol. The van der Waals surface area contributed by atoms with Crippen LogP contribution in [0, 0.1) is 0 Å². The second-order valence-electron chi connectivity index (χ2n) is 6.69. The fourth-order valence-electron chi connectivity index (χ4n) is 3.60. The number of carbonyl (C=O) groups excluding carboxylic acids is 1. The van der Waals surface area contributed by atoms with E-state index in [-0.39, 0.29) is 18.5 Å². The average molecular weight is 350 g/mol. The summed E-state index contributed by atoms with van der Waals surface area (Å²) in [5, 5.41) is 7.39. The minimum atomic E-state index is 0.0318. The molecule has 7 nitrogen and oxygen atoms in total. The maximum atomic E-state index is 12.5. The van der Waals surface area contributed by atoms with Crippen molar-refractivity contribution in [1.29, 1.82) is 0 Å². The van der Waals surface area contributed by atoms with Crippen molar-refractivity contribution in [1.82, 2.24) is 29.6 Å². The van der Waals surface area contributed by atoms with Crippen LogP contribution in [0.3, 0.4) is 0 Å². The number of nitrogens with zero attached hydrogens (tertiary/aromatic N) is 5. The first-order valence-corrected chi connectivity index (χ1v) is 8.99. The molecular weight excluding hydrogens is 328 g/mol. The first-order chi connectivity index (χ1) is 12.8. The van der Waals surface area contributed by atoms with Crippen LogP contribution in [0.25, 0.3) is 11.4 Å². The molecule has 1 aliphatic carbocycles. The van der Waals surface area contributed by atoms with Gasteiger partial charge in [0.15, 0.2) is 0 Å². The Morgan fingerprint density at radius 3 is 2.69 bits per heavy atom. The SMILES string of the molecule is O=C(Cn1ccnc1-c1ccccc1)NC1CCC(n2cncn2)CC1. The van der Waals surface area contributed by atoms with Crippen LogP contribution in [0.2, 0.25) is 0 Å². The summed E-state index contributed by atoms with van der Waals surface area (Å²) in [6, 6.07) is 10.5. The zero-order chi connectivity index (χ0) is 17.8. The first kappa shape index (κ1) is 16.5. The Balaban J connectivity index is 1.32. The smallest absolute Gasteiger partial charge is 0.240 e. The molecule has 1 amide bonds. The molecule has 0 atom stereocenters. The second kappa shape index (κ2) is 7.51. The van der Waals surface area contributed by atoms with Gasteiger partial charge in [0.05, 0.1) is 6.04 Å². The number of rotatable bonds is 5. The molecule has 0 radical (unpaired) electrons. The summed E-state index contributed by atoms with van der Waals surface area (Å²) >= 11 is 0. The number of amides is 1. The van der Waals surface area contributed by atoms with Gasteiger partial charge in [-0.2, -0.15) is 5.10 Å². The van der Waals surface area contributed by atoms with E-state index in [4.69, 9.17) is 0 Å². The molecule has 1 aromatic carbocycles. The Morgan fingerprint density at radius 2 is 1.96 bits per heavy atom. The van der Waals surface area contributed by atoms with Crippen molar-refractivity contribution in [2.75, 3.05) is 0 Å². The maximum Gasteiger partial charge on any atom is 0.240 e. The molecule has 2 heterocycles. The molecule has 0 spiro atoms. The largest absolute Gasteiger partial charge is 0.352 e. The van der Waals surface area contributed by atoms with Crippen LogP contribution in [0.1, 0.15) is 31.7 Å². The molecule has 26 heavy (non-hydrogen) atoms. The van der Waals surface area contributed by atoms with Gasteiger partial charge in [-0.15, -0.1) is 0 Å². The van der Waals surface area contributed by atoms with Crippen LogP contribution < -0.4 is 5.32 Å². The standard InChI is InChI=1S/C19H22N6O/c26-18(12-24-11-10-21-19(24)15-4-2-1-3-5-15)23-16-6-8-17(9-7-16)25-14-20-13-22-25/h1-5,10-11,13-14,16-17H,6-9,12H2,(H,23,26). The molecule has 7 heteroatoms. The lowest BCUT2D eigenvalue weighted by Gasteiger charge is -2.29. The summed E-state index contributed by atoms with van der Waals surface area (Å²) in [5.41, 5.74) is 1.01. The molecule has 2 aromatic heterocycles. The third-order valence-electron chi connectivity index (χ3n) is 4.93. The van der Waals surface area contributed by atoms with E-state index in [0.717, 1.165) is 37.1 Å². The van der Waals surface area contributed by atoms with Crippen molar-refractivity contribution < 1.29 is 4.79 Å². The van der Waals surface area contributed by atoms with Crippen molar-refractivity contribution in [2.45, 2.75) is 44.3 Å². The van der Waals surface area contributed by atoms with E-state index >= 15 is 0 Å². The second-order valence-corrected chi connectivity index (χ2v) is 6.69. The number of hydrogen-bond donors (Lipinski definition) is 1. The van der Waals surface area contributed by atoms with Crippen molar-refractivity contribution in [3.8, 4) is 11.4 Å². The predicted octanol–water partition coefficient (Wildman–Crippen LogP) is 2.44. The fourth-order valence-corrected chi connectivity index (χ4v) is 3.60. The average Bonchev–Trinajstić information content (AvgIpc) is 3.35. The highest BCUT2D eigenvalue weighted by Gasteiger charge is 2.24. The van der Waals surface area contributed by atoms with Crippen molar-refractivity contribution in [2.24, 2.45) is 0 Å². The molecule has 3 aromatic rings. The highest BCUT2D eigenvalue weighted by Crippen LogP contribution is 2.27. The van der Waals surface area contributed by atoms with Gasteiger partial charge in [-0.1, -0.05) is 30.3 Å². The lowest BCUT2D eigenvalue weighted by Crippen LogP contribution is -2.39. The molecule has 1 saturated carbocycles. The molecule has 1 fully saturated rings. The normalized spacial score (nSPS) is 20.0. The summed E-state index contributed by atoms with van der Waals surface area (Å²) in [6.45, 7) is 0.285. The molecule has 134 valence electrons. The lowest BCUT2D eigenvalue weighted by molar-refractivity contribution is -0.122. The van der Waals surface area contributed by atoms with Gasteiger partial charge in [0.1, 0.15) is 25.0 Å². The Kier molecular flexibility index (Phi) is 4.77. The summed E-state index contributed by atoms with van der Waals surface area (Å²) in [4.78, 5) is 20.9. The molecule has 0 bridgehead atoms. The fraction of sp³-hybridized carbons (Fsp3) is 0.368. The van der Waals surface area contributed by atoms with E-state index in [1.807, 2.05) is 45.8 Å². The molecular formula is C19H22N6O. The number of aromatic nitrogens is 5. The van der Waals surface area contributed by atoms with Gasteiger partial charge < -0.3 is 9.88 Å². The lowest BCUT2D eigenvalue weighted by atomic mass is 9.91. The Hall–Kier alpha value is -2.96. The van der Waals surface area contributed by atoms with Crippen LogP contribution in [-0.2, 0) is 11.3 Å². The van der Waals surface area contributed by atoms with E-state index in [1.54, 1.807) is 18.9 Å². The number of imidazole rings is 1. The van der Waals surface area contributed by atoms with Crippen LogP contribution in [0.15, 0.2) is 55.4 Å². The minimum absolute atomic E-state index is 0.0318. The summed E-state index contributed by atoms with van der Waals surface area (Å²) in [6.07, 6.45) is 10.9. The highest BCUT2D eigenvalue weighted by molar-refractivity contribution is 5.76. The van der Waals surface area contributed by atoms with Crippen LogP contribution in [0.5, 0.6) is 0 Å². The quantitative estimate of drug-likeness (QED) is 0.767. The van der Waals surface area contributed by atoms with E-state index in [0.29, 0.717) is 6.04 Å². The van der Waals surface area contributed by atoms with Crippen LogP contribution in [0.4, 0.5) is 0 Å². The Bertz CT molecular complexity index is 834. The van der Waals surface area contributed by atoms with Gasteiger partial charge in [0.25, 0.3) is 0 Å². The van der Waals surface area contributed by atoms with Crippen LogP contribution >= 0.6 is 0 Å². The molecule has 0 unspecified atom stereocenters. The number of carbonyl (C=O) groups is 1. The first-order valence-electron chi connectivity index (χ1n) is 8.99. The highest BCUT2D eigenvalue weighted by atomic mass is 16.2. The van der Waals surface area contributed by atoms with Gasteiger partial charge >= 0.3 is 0 Å². The maximum absolute atomic E-state index is 12.5. The molecule has 0 saturated heterocycles. The summed E-state index contributed by atoms with van der Waals surface area (Å²) in [5.74, 6) is 0.847. The Morgan fingerprint density at radius 1 is 1.15 bits per heavy atom. The molecule has 1 N–H and O–H groups in total. The number of nitrogens with one attached hydrogen (secondary N) is 1. The summed E-state index contributed by atoms with van der Waals surface area (Å²) in [7, 11) is 0. The topological polar surface area (TPSA) is 77.6 Å². The van der Waals surface area contributed by atoms with Gasteiger partial charge in [-0.05, 0) is 25.7 Å². The Labute approximate surface area is 152 Å². The van der Waals surface area contributed by atoms with Gasteiger partial charge in [-0.25, -0.2) is 14.6 Å². The zero-order valence-electron chi connectivity index (χ0n) is 14.5. The van der Waals surface area contributed by atoms with Crippen molar-refractivity contribution in [3.63, 3.8) is 0 Å². The van der Waals surface area contributed by atoms with Gasteiger partial charge in [-0.3, -0.25) is 4.79 Å². The number of hydrogen-bond acceptors (Lipinski definition) is 4. The molecule has 1 aliphatic rings. The van der Waals surface area contributed by atoms with Crippen LogP contribution in [-0.4, -0.2) is 36.3 Å². The van der Waals surface area contributed by atoms with Gasteiger partial charge in [0, 0.05) is 24.0 Å². The van der Waals surface area contributed by atoms with E-state index < -0.39 is 0 Å². The van der Waals surface area contributed by atoms with Gasteiger partial charge in [0.2, 0.25) is 5.91 Å². The third-order valence-corrected chi connectivity index (χ3v) is 4.93. The minimum Gasteiger partial charge on any atom is -0.352 e. The van der Waals surface area contributed by atoms with Crippen molar-refractivity contribution in [3.05, 3.63) is 55.4 Å². The van der Waals surface area contributed by atoms with E-state index in [9.17, 15) is 4.79 Å². The third kappa shape index (κ3) is 3.66. The predicted molar refractivity (Wildman–Crippen MR) is 97.1 cm³/mol. The summed E-state index contributed by atoms with van der Waals surface area (Å²) < 4.78 is 3.82. The number of benzene rings is 1. The van der Waals surface area contributed by atoms with E-state index in [2.05, 4.69) is 20.4 Å².